The highest BCUT2D eigenvalue weighted by Gasteiger charge is 2.17. The van der Waals surface area contributed by atoms with E-state index in [0.717, 1.165) is 5.56 Å². The number of halogens is 2. The van der Waals surface area contributed by atoms with Crippen LogP contribution in [-0.4, -0.2) is 4.98 Å². The summed E-state index contributed by atoms with van der Waals surface area (Å²) >= 11 is 1.25. The highest BCUT2D eigenvalue weighted by molar-refractivity contribution is 7.13. The maximum absolute atomic E-state index is 12.8. The van der Waals surface area contributed by atoms with E-state index in [1.54, 1.807) is 24.4 Å². The maximum atomic E-state index is 12.8. The molecular formula is C11H10F2N2S. The average Bonchev–Trinajstić information content (AvgIpc) is 2.64. The van der Waals surface area contributed by atoms with Crippen molar-refractivity contribution < 1.29 is 8.78 Å². The van der Waals surface area contributed by atoms with Gasteiger partial charge in [0.15, 0.2) is 5.13 Å². The molecule has 84 valence electrons. The van der Waals surface area contributed by atoms with Crippen LogP contribution in [0.5, 0.6) is 0 Å². The third-order valence-electron chi connectivity index (χ3n) is 2.32. The van der Waals surface area contributed by atoms with Gasteiger partial charge >= 0.3 is 0 Å². The fourth-order valence-corrected chi connectivity index (χ4v) is 2.18. The fraction of sp³-hybridized carbons (Fsp3) is 0.182. The number of aromatic nitrogens is 1. The summed E-state index contributed by atoms with van der Waals surface area (Å²) < 4.78 is 25.7. The number of anilines is 1. The number of hydrogen-bond donors (Lipinski definition) is 1. The van der Waals surface area contributed by atoms with Crippen LogP contribution in [0.25, 0.3) is 11.3 Å². The molecule has 2 rings (SSSR count). The van der Waals surface area contributed by atoms with E-state index in [2.05, 4.69) is 4.98 Å². The van der Waals surface area contributed by atoms with E-state index in [0.29, 0.717) is 16.4 Å². The van der Waals surface area contributed by atoms with Crippen molar-refractivity contribution in [3.8, 4) is 11.3 Å². The van der Waals surface area contributed by atoms with Crippen molar-refractivity contribution in [1.82, 2.24) is 4.98 Å². The van der Waals surface area contributed by atoms with Gasteiger partial charge in [0, 0.05) is 16.5 Å². The molecule has 0 bridgehead atoms. The number of rotatable bonds is 2. The summed E-state index contributed by atoms with van der Waals surface area (Å²) in [5.74, 6) is 0. The zero-order valence-electron chi connectivity index (χ0n) is 8.58. The smallest absolute Gasteiger partial charge is 0.264 e. The summed E-state index contributed by atoms with van der Waals surface area (Å²) in [4.78, 5) is 4.05. The second-order valence-corrected chi connectivity index (χ2v) is 4.30. The normalized spacial score (nSPS) is 11.0. The van der Waals surface area contributed by atoms with Crippen LogP contribution < -0.4 is 5.73 Å². The van der Waals surface area contributed by atoms with Gasteiger partial charge in [-0.15, -0.1) is 11.3 Å². The Morgan fingerprint density at radius 3 is 2.69 bits per heavy atom. The van der Waals surface area contributed by atoms with Gasteiger partial charge in [-0.1, -0.05) is 18.2 Å². The third-order valence-corrected chi connectivity index (χ3v) is 2.99. The molecule has 2 nitrogen and oxygen atoms in total. The Kier molecular flexibility index (Phi) is 2.87. The van der Waals surface area contributed by atoms with Crippen molar-refractivity contribution in [1.29, 1.82) is 0 Å². The molecule has 1 heterocycles. The summed E-state index contributed by atoms with van der Waals surface area (Å²) in [6.45, 7) is 1.79. The molecule has 0 unspecified atom stereocenters. The summed E-state index contributed by atoms with van der Waals surface area (Å²) in [5, 5.41) is 2.09. The summed E-state index contributed by atoms with van der Waals surface area (Å²) in [6, 6.07) is 4.83. The fourth-order valence-electron chi connectivity index (χ4n) is 1.62. The lowest BCUT2D eigenvalue weighted by Gasteiger charge is -2.09. The highest BCUT2D eigenvalue weighted by atomic mass is 32.1. The summed E-state index contributed by atoms with van der Waals surface area (Å²) in [7, 11) is 0. The van der Waals surface area contributed by atoms with E-state index in [9.17, 15) is 8.78 Å². The summed E-state index contributed by atoms with van der Waals surface area (Å²) in [6.07, 6.45) is -2.50. The number of aryl methyl sites for hydroxylation is 1. The molecule has 0 saturated heterocycles. The molecule has 0 saturated carbocycles. The minimum absolute atomic E-state index is 0.00491. The molecule has 16 heavy (non-hydrogen) atoms. The number of nitrogen functional groups attached to an aromatic ring is 1. The molecule has 2 N–H and O–H groups in total. The Bertz CT molecular complexity index is 508. The van der Waals surface area contributed by atoms with E-state index >= 15 is 0 Å². The SMILES string of the molecule is Cc1cccc(C(F)F)c1-c1csc(N)n1. The molecule has 0 radical (unpaired) electrons. The van der Waals surface area contributed by atoms with Gasteiger partial charge in [0.1, 0.15) is 0 Å². The Morgan fingerprint density at radius 1 is 1.38 bits per heavy atom. The molecule has 0 amide bonds. The number of hydrogen-bond acceptors (Lipinski definition) is 3. The number of nitrogens with zero attached hydrogens (tertiary/aromatic N) is 1. The first-order valence-corrected chi connectivity index (χ1v) is 5.56. The standard InChI is InChI=1S/C11H10F2N2S/c1-6-3-2-4-7(10(12)13)9(6)8-5-16-11(14)15-8/h2-5,10H,1H3,(H2,14,15). The van der Waals surface area contributed by atoms with E-state index in [1.807, 2.05) is 0 Å². The Morgan fingerprint density at radius 2 is 2.12 bits per heavy atom. The lowest BCUT2D eigenvalue weighted by Crippen LogP contribution is -1.94. The van der Waals surface area contributed by atoms with E-state index in [1.165, 1.54) is 17.4 Å². The Labute approximate surface area is 95.7 Å². The van der Waals surface area contributed by atoms with Crippen molar-refractivity contribution in [2.45, 2.75) is 13.3 Å². The van der Waals surface area contributed by atoms with Gasteiger partial charge < -0.3 is 5.73 Å². The molecule has 0 atom stereocenters. The van der Waals surface area contributed by atoms with Crippen LogP contribution in [0.4, 0.5) is 13.9 Å². The summed E-state index contributed by atoms with van der Waals surface area (Å²) in [5.41, 5.74) is 7.31. The van der Waals surface area contributed by atoms with Crippen molar-refractivity contribution in [3.63, 3.8) is 0 Å². The molecule has 0 spiro atoms. The Hall–Kier alpha value is -1.49. The second kappa shape index (κ2) is 4.17. The molecule has 0 aliphatic heterocycles. The molecular weight excluding hydrogens is 230 g/mol. The zero-order valence-corrected chi connectivity index (χ0v) is 9.39. The second-order valence-electron chi connectivity index (χ2n) is 3.41. The predicted octanol–water partition coefficient (Wildman–Crippen LogP) is 3.64. The topological polar surface area (TPSA) is 38.9 Å². The molecule has 1 aromatic carbocycles. The van der Waals surface area contributed by atoms with Crippen molar-refractivity contribution in [2.24, 2.45) is 0 Å². The molecule has 2 aromatic rings. The number of nitrogens with two attached hydrogens (primary N) is 1. The van der Waals surface area contributed by atoms with Crippen LogP contribution in [0.3, 0.4) is 0 Å². The maximum Gasteiger partial charge on any atom is 0.264 e. The van der Waals surface area contributed by atoms with Crippen LogP contribution in [0.1, 0.15) is 17.6 Å². The van der Waals surface area contributed by atoms with Crippen LogP contribution in [0, 0.1) is 6.92 Å². The number of benzene rings is 1. The number of alkyl halides is 2. The van der Waals surface area contributed by atoms with Gasteiger partial charge in [0.25, 0.3) is 6.43 Å². The lowest BCUT2D eigenvalue weighted by molar-refractivity contribution is 0.152. The van der Waals surface area contributed by atoms with E-state index < -0.39 is 6.43 Å². The van der Waals surface area contributed by atoms with E-state index in [4.69, 9.17) is 5.73 Å². The third kappa shape index (κ3) is 1.90. The van der Waals surface area contributed by atoms with Crippen LogP contribution in [-0.2, 0) is 0 Å². The minimum atomic E-state index is -2.50. The average molecular weight is 240 g/mol. The van der Waals surface area contributed by atoms with Crippen LogP contribution in [0.2, 0.25) is 0 Å². The van der Waals surface area contributed by atoms with Gasteiger partial charge in [0.05, 0.1) is 5.69 Å². The molecule has 5 heteroatoms. The minimum Gasteiger partial charge on any atom is -0.375 e. The highest BCUT2D eigenvalue weighted by Crippen LogP contribution is 2.34. The largest absolute Gasteiger partial charge is 0.375 e. The van der Waals surface area contributed by atoms with Crippen LogP contribution >= 0.6 is 11.3 Å². The number of thiazole rings is 1. The van der Waals surface area contributed by atoms with Crippen LogP contribution in [0.15, 0.2) is 23.6 Å². The van der Waals surface area contributed by atoms with Crippen molar-refractivity contribution in [2.75, 3.05) is 5.73 Å². The van der Waals surface area contributed by atoms with Gasteiger partial charge in [0.2, 0.25) is 0 Å². The lowest BCUT2D eigenvalue weighted by atomic mass is 10.00. The van der Waals surface area contributed by atoms with Gasteiger partial charge in [-0.2, -0.15) is 0 Å². The quantitative estimate of drug-likeness (QED) is 0.870. The van der Waals surface area contributed by atoms with Gasteiger partial charge in [-0.05, 0) is 12.5 Å². The first kappa shape index (κ1) is 11.0. The molecule has 0 aliphatic rings. The molecule has 0 aliphatic carbocycles. The molecule has 1 aromatic heterocycles. The first-order chi connectivity index (χ1) is 7.59. The zero-order chi connectivity index (χ0) is 11.7. The first-order valence-electron chi connectivity index (χ1n) is 4.68. The van der Waals surface area contributed by atoms with E-state index in [-0.39, 0.29) is 5.56 Å². The Balaban J connectivity index is 2.62. The predicted molar refractivity (Wildman–Crippen MR) is 61.7 cm³/mol. The van der Waals surface area contributed by atoms with Gasteiger partial charge in [-0.3, -0.25) is 0 Å². The molecule has 0 fully saturated rings. The van der Waals surface area contributed by atoms with Gasteiger partial charge in [-0.25, -0.2) is 13.8 Å². The van der Waals surface area contributed by atoms with Crippen molar-refractivity contribution >= 4 is 16.5 Å². The van der Waals surface area contributed by atoms with Crippen molar-refractivity contribution in [3.05, 3.63) is 34.7 Å². The monoisotopic (exact) mass is 240 g/mol.